The third kappa shape index (κ3) is 4.64. The van der Waals surface area contributed by atoms with Crippen LogP contribution in [0, 0.1) is 5.41 Å². The Balaban J connectivity index is 1.53. The summed E-state index contributed by atoms with van der Waals surface area (Å²) >= 11 is 0. The lowest BCUT2D eigenvalue weighted by atomic mass is 9.57. The van der Waals surface area contributed by atoms with E-state index in [-0.39, 0.29) is 29.6 Å². The van der Waals surface area contributed by atoms with Crippen LogP contribution in [0.15, 0.2) is 109 Å². The molecule has 2 aliphatic carbocycles. The van der Waals surface area contributed by atoms with E-state index in [1.807, 2.05) is 60.7 Å². The molecule has 4 aromatic rings. The molecule has 0 unspecified atom stereocenters. The molecule has 2 fully saturated rings. The van der Waals surface area contributed by atoms with Gasteiger partial charge in [0.25, 0.3) is 0 Å². The Morgan fingerprint density at radius 3 is 2.12 bits per heavy atom. The normalized spacial score (nSPS) is 25.9. The second-order valence-electron chi connectivity index (χ2n) is 12.5. The summed E-state index contributed by atoms with van der Waals surface area (Å²) in [5.74, 6) is 0.759. The van der Waals surface area contributed by atoms with Crippen LogP contribution < -0.4 is 4.74 Å². The van der Waals surface area contributed by atoms with Crippen molar-refractivity contribution >= 4 is 11.6 Å². The van der Waals surface area contributed by atoms with Gasteiger partial charge in [-0.15, -0.1) is 0 Å². The maximum atomic E-state index is 15.3. The van der Waals surface area contributed by atoms with Crippen molar-refractivity contribution in [3.63, 3.8) is 0 Å². The molecule has 1 saturated heterocycles. The largest absolute Gasteiger partial charge is 0.497 e. The predicted octanol–water partition coefficient (Wildman–Crippen LogP) is 8.24. The molecule has 3 aliphatic rings. The molecule has 0 N–H and O–H groups in total. The van der Waals surface area contributed by atoms with Gasteiger partial charge in [-0.3, -0.25) is 14.5 Å². The number of fused-ring (bicyclic) bond motifs is 1. The average Bonchev–Trinajstić information content (AvgIpc) is 3.39. The van der Waals surface area contributed by atoms with Gasteiger partial charge in [0, 0.05) is 29.1 Å². The molecule has 4 nitrogen and oxygen atoms in total. The zero-order chi connectivity index (χ0) is 29.4. The molecule has 1 heterocycles. The number of nitrogens with zero attached hydrogens (tertiary/aromatic N) is 1. The standard InChI is InChI=1S/C39H39NO3/c1-43-32-23-21-28(22-24-32)34-35(29-14-5-2-6-15-29)40(31-18-9-4-10-19-31)37(36(41)30-16-7-3-8-17-30)39(34)26-25-27-13-11-12-20-33(27)38(39)42/h2-3,5-8,11-17,20-24,31,34-35,37H,4,9-10,18-19,25-26H2,1H3/t34-,35-,37-,39+/m1/s1. The second-order valence-corrected chi connectivity index (χ2v) is 12.5. The van der Waals surface area contributed by atoms with E-state index in [2.05, 4.69) is 53.4 Å². The molecule has 1 spiro atoms. The minimum Gasteiger partial charge on any atom is -0.497 e. The summed E-state index contributed by atoms with van der Waals surface area (Å²) in [5, 5.41) is 0. The Morgan fingerprint density at radius 2 is 1.42 bits per heavy atom. The van der Waals surface area contributed by atoms with Gasteiger partial charge in [-0.25, -0.2) is 0 Å². The molecule has 0 bridgehead atoms. The molecule has 1 aliphatic heterocycles. The molecule has 0 amide bonds. The Bertz CT molecular complexity index is 1590. The summed E-state index contributed by atoms with van der Waals surface area (Å²) in [5.41, 5.74) is 3.88. The third-order valence-corrected chi connectivity index (χ3v) is 10.4. The van der Waals surface area contributed by atoms with E-state index in [1.54, 1.807) is 7.11 Å². The fourth-order valence-corrected chi connectivity index (χ4v) is 8.53. The molecule has 218 valence electrons. The van der Waals surface area contributed by atoms with Crippen molar-refractivity contribution in [1.29, 1.82) is 0 Å². The molecule has 43 heavy (non-hydrogen) atoms. The Hall–Kier alpha value is -4.02. The number of hydrogen-bond donors (Lipinski definition) is 0. The van der Waals surface area contributed by atoms with E-state index in [9.17, 15) is 0 Å². The van der Waals surface area contributed by atoms with Crippen LogP contribution in [0.1, 0.15) is 87.9 Å². The Labute approximate surface area is 254 Å². The number of likely N-dealkylation sites (tertiary alicyclic amines) is 1. The van der Waals surface area contributed by atoms with E-state index in [1.165, 1.54) is 12.0 Å². The highest BCUT2D eigenvalue weighted by molar-refractivity contribution is 6.11. The van der Waals surface area contributed by atoms with E-state index in [0.717, 1.165) is 54.5 Å². The van der Waals surface area contributed by atoms with Crippen LogP contribution in [0.5, 0.6) is 5.75 Å². The number of Topliss-reactive ketones (excluding diaryl/α,β-unsaturated/α-hetero) is 2. The van der Waals surface area contributed by atoms with Crippen molar-refractivity contribution in [3.8, 4) is 5.75 Å². The van der Waals surface area contributed by atoms with E-state index >= 15 is 9.59 Å². The van der Waals surface area contributed by atoms with Crippen LogP contribution in [0.25, 0.3) is 0 Å². The molecule has 0 aromatic heterocycles. The number of ether oxygens (including phenoxy) is 1. The molecule has 0 radical (unpaired) electrons. The average molecular weight is 570 g/mol. The van der Waals surface area contributed by atoms with Crippen LogP contribution in [0.2, 0.25) is 0 Å². The molecule has 4 heteroatoms. The summed E-state index contributed by atoms with van der Waals surface area (Å²) in [7, 11) is 1.68. The lowest BCUT2D eigenvalue weighted by molar-refractivity contribution is 0.0414. The van der Waals surface area contributed by atoms with E-state index < -0.39 is 11.5 Å². The van der Waals surface area contributed by atoms with Crippen molar-refractivity contribution in [2.45, 2.75) is 69.0 Å². The molecular weight excluding hydrogens is 530 g/mol. The maximum Gasteiger partial charge on any atom is 0.181 e. The van der Waals surface area contributed by atoms with Gasteiger partial charge >= 0.3 is 0 Å². The third-order valence-electron chi connectivity index (χ3n) is 10.4. The first-order valence-electron chi connectivity index (χ1n) is 15.8. The molecule has 7 rings (SSSR count). The van der Waals surface area contributed by atoms with Gasteiger partial charge in [0.15, 0.2) is 11.6 Å². The quantitative estimate of drug-likeness (QED) is 0.220. The van der Waals surface area contributed by atoms with Gasteiger partial charge in [-0.05, 0) is 54.5 Å². The van der Waals surface area contributed by atoms with Crippen molar-refractivity contribution in [3.05, 3.63) is 137 Å². The topological polar surface area (TPSA) is 46.6 Å². The first kappa shape index (κ1) is 27.8. The first-order chi connectivity index (χ1) is 21.1. The lowest BCUT2D eigenvalue weighted by Gasteiger charge is -2.44. The van der Waals surface area contributed by atoms with E-state index in [0.29, 0.717) is 12.0 Å². The number of benzene rings is 4. The Kier molecular flexibility index (Phi) is 7.48. The number of ketones is 2. The van der Waals surface area contributed by atoms with Gasteiger partial charge in [-0.1, -0.05) is 116 Å². The lowest BCUT2D eigenvalue weighted by Crippen LogP contribution is -2.55. The van der Waals surface area contributed by atoms with Crippen LogP contribution in [-0.4, -0.2) is 35.7 Å². The number of rotatable bonds is 6. The van der Waals surface area contributed by atoms with Crippen LogP contribution >= 0.6 is 0 Å². The summed E-state index contributed by atoms with van der Waals surface area (Å²) in [6.45, 7) is 0. The Morgan fingerprint density at radius 1 is 0.767 bits per heavy atom. The van der Waals surface area contributed by atoms with Crippen LogP contribution in [-0.2, 0) is 6.42 Å². The highest BCUT2D eigenvalue weighted by Crippen LogP contribution is 2.64. The molecular formula is C39H39NO3. The maximum absolute atomic E-state index is 15.3. The number of carbonyl (C=O) groups is 2. The highest BCUT2D eigenvalue weighted by atomic mass is 16.5. The first-order valence-corrected chi connectivity index (χ1v) is 15.8. The minimum absolute atomic E-state index is 0.0656. The fraction of sp³-hybridized carbons (Fsp3) is 0.333. The van der Waals surface area contributed by atoms with Crippen molar-refractivity contribution < 1.29 is 14.3 Å². The second kappa shape index (κ2) is 11.6. The van der Waals surface area contributed by atoms with Gasteiger partial charge < -0.3 is 4.74 Å². The summed E-state index contributed by atoms with van der Waals surface area (Å²) in [6, 6.07) is 36.2. The van der Waals surface area contributed by atoms with Gasteiger partial charge in [0.2, 0.25) is 0 Å². The smallest absolute Gasteiger partial charge is 0.181 e. The van der Waals surface area contributed by atoms with Crippen molar-refractivity contribution in [2.24, 2.45) is 5.41 Å². The van der Waals surface area contributed by atoms with E-state index in [4.69, 9.17) is 4.74 Å². The molecule has 4 atom stereocenters. The van der Waals surface area contributed by atoms with Crippen molar-refractivity contribution in [1.82, 2.24) is 4.90 Å². The SMILES string of the molecule is COc1ccc([C@@H]2[C@@H](c3ccccc3)N(C3CCCCC3)[C@H](C(=O)c3ccccc3)[C@]23CCc2ccccc2C3=O)cc1. The van der Waals surface area contributed by atoms with Gasteiger partial charge in [0.1, 0.15) is 5.75 Å². The van der Waals surface area contributed by atoms with Gasteiger partial charge in [-0.2, -0.15) is 0 Å². The summed E-state index contributed by atoms with van der Waals surface area (Å²) in [4.78, 5) is 32.9. The number of aryl methyl sites for hydroxylation is 1. The minimum atomic E-state index is -0.923. The highest BCUT2D eigenvalue weighted by Gasteiger charge is 2.67. The summed E-state index contributed by atoms with van der Waals surface area (Å²) < 4.78 is 5.55. The van der Waals surface area contributed by atoms with Crippen LogP contribution in [0.4, 0.5) is 0 Å². The molecule has 1 saturated carbocycles. The monoisotopic (exact) mass is 569 g/mol. The van der Waals surface area contributed by atoms with Crippen molar-refractivity contribution in [2.75, 3.05) is 7.11 Å². The zero-order valence-corrected chi connectivity index (χ0v) is 24.8. The van der Waals surface area contributed by atoms with Gasteiger partial charge in [0.05, 0.1) is 18.6 Å². The predicted molar refractivity (Wildman–Crippen MR) is 170 cm³/mol. The summed E-state index contributed by atoms with van der Waals surface area (Å²) in [6.07, 6.45) is 6.99. The number of hydrogen-bond acceptors (Lipinski definition) is 4. The number of carbonyl (C=O) groups excluding carboxylic acids is 2. The molecule has 4 aromatic carbocycles. The fourth-order valence-electron chi connectivity index (χ4n) is 8.53. The zero-order valence-electron chi connectivity index (χ0n) is 24.8. The number of methoxy groups -OCH3 is 1. The van der Waals surface area contributed by atoms with Crippen LogP contribution in [0.3, 0.4) is 0 Å².